The minimum absolute atomic E-state index is 0.267. The van der Waals surface area contributed by atoms with Crippen molar-refractivity contribution in [3.8, 4) is 5.69 Å². The number of benzene rings is 3. The van der Waals surface area contributed by atoms with E-state index >= 15 is 0 Å². The van der Waals surface area contributed by atoms with E-state index in [2.05, 4.69) is 134 Å². The highest BCUT2D eigenvalue weighted by Crippen LogP contribution is 2.46. The molecule has 0 atom stereocenters. The molecule has 5 rings (SSSR count). The molecule has 192 valence electrons. The average molecular weight is 495 g/mol. The van der Waals surface area contributed by atoms with Crippen LogP contribution in [0.1, 0.15) is 63.4 Å². The number of tetrazole rings is 1. The van der Waals surface area contributed by atoms with Crippen molar-refractivity contribution in [2.45, 2.75) is 65.8 Å². The van der Waals surface area contributed by atoms with Gasteiger partial charge >= 0.3 is 0 Å². The normalized spacial score (nSPS) is 20.1. The number of anilines is 2. The van der Waals surface area contributed by atoms with Crippen molar-refractivity contribution in [1.29, 1.82) is 0 Å². The number of hydrazine groups is 1. The highest BCUT2D eigenvalue weighted by atomic mass is 15.6. The standard InChI is InChI=1S/C31H38N6/c1-23-13-12-14-24(2)28(23)37-29(32-34-35-37)31(21-19-25(20-22-31)30(3,4)5)33-36(26-15-8-6-9-16-26)27-17-10-7-11-18-27/h6-18,25,33H,19-22H2,1-5H3. The smallest absolute Gasteiger partial charge is 0.178 e. The summed E-state index contributed by atoms with van der Waals surface area (Å²) in [7, 11) is 0. The first kappa shape index (κ1) is 25.2. The van der Waals surface area contributed by atoms with Crippen molar-refractivity contribution < 1.29 is 0 Å². The first-order valence-electron chi connectivity index (χ1n) is 13.3. The molecular formula is C31H38N6. The summed E-state index contributed by atoms with van der Waals surface area (Å²) < 4.78 is 1.98. The van der Waals surface area contributed by atoms with Crippen molar-refractivity contribution in [3.05, 3.63) is 95.8 Å². The van der Waals surface area contributed by atoms with Crippen LogP contribution >= 0.6 is 0 Å². The first-order valence-corrected chi connectivity index (χ1v) is 13.3. The second-order valence-electron chi connectivity index (χ2n) is 11.5. The summed E-state index contributed by atoms with van der Waals surface area (Å²) in [5.74, 6) is 1.52. The molecule has 4 aromatic rings. The lowest BCUT2D eigenvalue weighted by Gasteiger charge is -2.46. The van der Waals surface area contributed by atoms with Gasteiger partial charge in [-0.1, -0.05) is 75.4 Å². The van der Waals surface area contributed by atoms with Crippen LogP contribution in [-0.4, -0.2) is 20.2 Å². The maximum Gasteiger partial charge on any atom is 0.178 e. The maximum atomic E-state index is 4.71. The molecule has 1 saturated carbocycles. The summed E-state index contributed by atoms with van der Waals surface area (Å²) in [4.78, 5) is 0. The fraction of sp³-hybridized carbons (Fsp3) is 0.387. The van der Waals surface area contributed by atoms with Crippen LogP contribution in [0.5, 0.6) is 0 Å². The number of hydrogen-bond acceptors (Lipinski definition) is 5. The third kappa shape index (κ3) is 5.03. The predicted molar refractivity (Wildman–Crippen MR) is 150 cm³/mol. The quantitative estimate of drug-likeness (QED) is 0.291. The van der Waals surface area contributed by atoms with Crippen LogP contribution in [0, 0.1) is 25.2 Å². The Bertz CT molecular complexity index is 1260. The molecule has 37 heavy (non-hydrogen) atoms. The van der Waals surface area contributed by atoms with Crippen molar-refractivity contribution >= 4 is 11.4 Å². The zero-order chi connectivity index (χ0) is 26.0. The SMILES string of the molecule is Cc1cccc(C)c1-n1nnnc1C1(NN(c2ccccc2)c2ccccc2)CCC(C(C)(C)C)CC1. The molecule has 0 saturated heterocycles. The predicted octanol–water partition coefficient (Wildman–Crippen LogP) is 7.05. The van der Waals surface area contributed by atoms with Gasteiger partial charge in [0, 0.05) is 0 Å². The van der Waals surface area contributed by atoms with Crippen LogP contribution in [-0.2, 0) is 5.54 Å². The topological polar surface area (TPSA) is 58.9 Å². The Morgan fingerprint density at radius 3 is 1.86 bits per heavy atom. The minimum Gasteiger partial charge on any atom is -0.276 e. The molecule has 0 unspecified atom stereocenters. The minimum atomic E-state index is -0.439. The van der Waals surface area contributed by atoms with E-state index in [0.717, 1.165) is 59.7 Å². The van der Waals surface area contributed by atoms with Crippen LogP contribution in [0.25, 0.3) is 5.69 Å². The Morgan fingerprint density at radius 1 is 0.811 bits per heavy atom. The lowest BCUT2D eigenvalue weighted by Crippen LogP contribution is -2.54. The molecule has 6 heteroatoms. The second kappa shape index (κ2) is 10.1. The molecule has 0 radical (unpaired) electrons. The number of nitrogens with one attached hydrogen (secondary N) is 1. The van der Waals surface area contributed by atoms with Gasteiger partial charge in [-0.3, -0.25) is 5.01 Å². The molecule has 0 bridgehead atoms. The number of para-hydroxylation sites is 3. The second-order valence-corrected chi connectivity index (χ2v) is 11.5. The van der Waals surface area contributed by atoms with E-state index in [0.29, 0.717) is 5.92 Å². The summed E-state index contributed by atoms with van der Waals surface area (Å²) in [6.45, 7) is 11.3. The van der Waals surface area contributed by atoms with Crippen LogP contribution in [0.15, 0.2) is 78.9 Å². The zero-order valence-electron chi connectivity index (χ0n) is 22.6. The average Bonchev–Trinajstić information content (AvgIpc) is 3.38. The van der Waals surface area contributed by atoms with Gasteiger partial charge in [-0.2, -0.15) is 4.68 Å². The van der Waals surface area contributed by atoms with E-state index in [1.54, 1.807) is 0 Å². The van der Waals surface area contributed by atoms with Crippen LogP contribution in [0.3, 0.4) is 0 Å². The Balaban J connectivity index is 1.63. The van der Waals surface area contributed by atoms with Crippen molar-refractivity contribution in [3.63, 3.8) is 0 Å². The first-order chi connectivity index (χ1) is 17.8. The molecule has 1 aromatic heterocycles. The third-order valence-corrected chi connectivity index (χ3v) is 7.97. The Labute approximate surface area is 220 Å². The van der Waals surface area contributed by atoms with E-state index in [9.17, 15) is 0 Å². The molecule has 0 amide bonds. The lowest BCUT2D eigenvalue weighted by molar-refractivity contribution is 0.107. The van der Waals surface area contributed by atoms with Gasteiger partial charge in [0.25, 0.3) is 0 Å². The van der Waals surface area contributed by atoms with Crippen molar-refractivity contribution in [2.24, 2.45) is 11.3 Å². The van der Waals surface area contributed by atoms with E-state index in [1.165, 1.54) is 0 Å². The summed E-state index contributed by atoms with van der Waals surface area (Å²) in [5, 5.41) is 15.7. The molecule has 1 aliphatic carbocycles. The Kier molecular flexibility index (Phi) is 6.86. The van der Waals surface area contributed by atoms with Gasteiger partial charge in [0.05, 0.1) is 22.6 Å². The van der Waals surface area contributed by atoms with Gasteiger partial charge in [-0.25, -0.2) is 5.43 Å². The van der Waals surface area contributed by atoms with E-state index < -0.39 is 5.54 Å². The maximum absolute atomic E-state index is 4.71. The summed E-state index contributed by atoms with van der Waals surface area (Å²) >= 11 is 0. The fourth-order valence-electron chi connectivity index (χ4n) is 5.78. The number of rotatable bonds is 6. The van der Waals surface area contributed by atoms with Crippen LogP contribution in [0.2, 0.25) is 0 Å². The number of aryl methyl sites for hydroxylation is 2. The highest BCUT2D eigenvalue weighted by Gasteiger charge is 2.45. The molecular weight excluding hydrogens is 456 g/mol. The third-order valence-electron chi connectivity index (χ3n) is 7.97. The van der Waals surface area contributed by atoms with Crippen molar-refractivity contribution in [1.82, 2.24) is 25.6 Å². The van der Waals surface area contributed by atoms with Crippen LogP contribution in [0.4, 0.5) is 11.4 Å². The van der Waals surface area contributed by atoms with E-state index in [1.807, 2.05) is 4.68 Å². The van der Waals surface area contributed by atoms with Crippen LogP contribution < -0.4 is 10.4 Å². The van der Waals surface area contributed by atoms with Gasteiger partial charge in [0.1, 0.15) is 0 Å². The number of nitrogens with zero attached hydrogens (tertiary/aromatic N) is 5. The van der Waals surface area contributed by atoms with E-state index in [-0.39, 0.29) is 5.41 Å². The summed E-state index contributed by atoms with van der Waals surface area (Å²) in [6.07, 6.45) is 4.09. The Hall–Kier alpha value is -3.51. The summed E-state index contributed by atoms with van der Waals surface area (Å²) in [6, 6.07) is 27.3. The van der Waals surface area contributed by atoms with Gasteiger partial charge in [-0.15, -0.1) is 5.10 Å². The Morgan fingerprint density at radius 2 is 1.35 bits per heavy atom. The lowest BCUT2D eigenvalue weighted by atomic mass is 9.67. The van der Waals surface area contributed by atoms with Crippen molar-refractivity contribution in [2.75, 3.05) is 5.01 Å². The van der Waals surface area contributed by atoms with Gasteiger partial charge < -0.3 is 0 Å². The van der Waals surface area contributed by atoms with Gasteiger partial charge in [-0.05, 0) is 96.7 Å². The van der Waals surface area contributed by atoms with Gasteiger partial charge in [0.2, 0.25) is 0 Å². The largest absolute Gasteiger partial charge is 0.276 e. The number of hydrogen-bond donors (Lipinski definition) is 1. The number of aromatic nitrogens is 4. The molecule has 1 fully saturated rings. The van der Waals surface area contributed by atoms with E-state index in [4.69, 9.17) is 5.10 Å². The zero-order valence-corrected chi connectivity index (χ0v) is 22.6. The summed E-state index contributed by atoms with van der Waals surface area (Å²) in [5.41, 5.74) is 9.37. The van der Waals surface area contributed by atoms with Gasteiger partial charge in [0.15, 0.2) is 5.82 Å². The molecule has 3 aromatic carbocycles. The molecule has 0 aliphatic heterocycles. The molecule has 1 aliphatic rings. The highest BCUT2D eigenvalue weighted by molar-refractivity contribution is 5.62. The molecule has 1 N–H and O–H groups in total. The molecule has 6 nitrogen and oxygen atoms in total. The molecule has 0 spiro atoms. The molecule has 1 heterocycles. The fourth-order valence-corrected chi connectivity index (χ4v) is 5.78. The monoisotopic (exact) mass is 494 g/mol.